The van der Waals surface area contributed by atoms with Crippen molar-refractivity contribution in [3.63, 3.8) is 0 Å². The summed E-state index contributed by atoms with van der Waals surface area (Å²) in [5.74, 6) is 0. The van der Waals surface area contributed by atoms with Crippen LogP contribution < -0.4 is 4.57 Å². The van der Waals surface area contributed by atoms with Crippen molar-refractivity contribution >= 4 is 0 Å². The van der Waals surface area contributed by atoms with E-state index in [-0.39, 0.29) is 0 Å². The molecule has 1 nitrogen and oxygen atoms in total. The fourth-order valence-electron chi connectivity index (χ4n) is 1.70. The smallest absolute Gasteiger partial charge is 0.178 e. The van der Waals surface area contributed by atoms with Crippen molar-refractivity contribution in [3.05, 3.63) is 30.1 Å². The number of hydrogen-bond acceptors (Lipinski definition) is 0. The second-order valence-electron chi connectivity index (χ2n) is 3.95. The Morgan fingerprint density at radius 2 is 1.86 bits per heavy atom. The van der Waals surface area contributed by atoms with E-state index < -0.39 is 0 Å². The van der Waals surface area contributed by atoms with E-state index in [2.05, 4.69) is 42.8 Å². The minimum atomic E-state index is 1.18. The highest BCUT2D eigenvalue weighted by atomic mass is 14.9. The van der Waals surface area contributed by atoms with Crippen molar-refractivity contribution < 1.29 is 4.57 Å². The topological polar surface area (TPSA) is 3.88 Å². The van der Waals surface area contributed by atoms with Crippen LogP contribution in [-0.4, -0.2) is 0 Å². The van der Waals surface area contributed by atoms with Gasteiger partial charge in [-0.1, -0.05) is 32.3 Å². The summed E-state index contributed by atoms with van der Waals surface area (Å²) in [4.78, 5) is 0. The summed E-state index contributed by atoms with van der Waals surface area (Å²) < 4.78 is 2.34. The third-order valence-corrected chi connectivity index (χ3v) is 2.67. The van der Waals surface area contributed by atoms with Gasteiger partial charge in [-0.3, -0.25) is 0 Å². The lowest BCUT2D eigenvalue weighted by atomic mass is 10.1. The molecule has 0 unspecified atom stereocenters. The van der Waals surface area contributed by atoms with Crippen molar-refractivity contribution in [3.8, 4) is 0 Å². The average molecular weight is 192 g/mol. The molecule has 0 saturated heterocycles. The summed E-state index contributed by atoms with van der Waals surface area (Å²) in [6.45, 7) is 5.61. The van der Waals surface area contributed by atoms with E-state index in [1.165, 1.54) is 44.3 Å². The lowest BCUT2D eigenvalue weighted by molar-refractivity contribution is -0.703. The van der Waals surface area contributed by atoms with Gasteiger partial charge >= 0.3 is 0 Å². The van der Waals surface area contributed by atoms with Gasteiger partial charge < -0.3 is 0 Å². The van der Waals surface area contributed by atoms with Crippen molar-refractivity contribution in [1.82, 2.24) is 0 Å². The van der Waals surface area contributed by atoms with Gasteiger partial charge in [0.1, 0.15) is 6.54 Å². The Bertz CT molecular complexity index is 255. The van der Waals surface area contributed by atoms with Gasteiger partial charge in [-0.2, -0.15) is 0 Å². The minimum absolute atomic E-state index is 1.18. The zero-order chi connectivity index (χ0) is 10.2. The molecular formula is C13H22N+. The molecule has 0 aliphatic carbocycles. The molecule has 1 aromatic rings. The van der Waals surface area contributed by atoms with Crippen molar-refractivity contribution in [2.75, 3.05) is 0 Å². The molecule has 0 saturated carbocycles. The molecule has 0 radical (unpaired) electrons. The van der Waals surface area contributed by atoms with Gasteiger partial charge in [0.05, 0.1) is 0 Å². The maximum atomic E-state index is 2.34. The Kier molecular flexibility index (Phi) is 5.28. The largest absolute Gasteiger partial charge is 0.203 e. The van der Waals surface area contributed by atoms with E-state index in [0.717, 1.165) is 0 Å². The minimum Gasteiger partial charge on any atom is -0.203 e. The number of nitrogens with zero attached hydrogens (tertiary/aromatic N) is 1. The fourth-order valence-corrected chi connectivity index (χ4v) is 1.70. The molecule has 78 valence electrons. The van der Waals surface area contributed by atoms with Gasteiger partial charge in [0, 0.05) is 25.5 Å². The first-order valence-electron chi connectivity index (χ1n) is 5.79. The Balaban J connectivity index is 2.21. The molecule has 14 heavy (non-hydrogen) atoms. The van der Waals surface area contributed by atoms with E-state index in [9.17, 15) is 0 Å². The Morgan fingerprint density at radius 3 is 2.57 bits per heavy atom. The van der Waals surface area contributed by atoms with Crippen LogP contribution in [0.15, 0.2) is 24.4 Å². The van der Waals surface area contributed by atoms with Crippen LogP contribution in [0.5, 0.6) is 0 Å². The number of aromatic nitrogens is 1. The summed E-state index contributed by atoms with van der Waals surface area (Å²) in [6.07, 6.45) is 8.97. The number of aryl methyl sites for hydroxylation is 2. The second-order valence-corrected chi connectivity index (χ2v) is 3.95. The lowest BCUT2D eigenvalue weighted by Crippen LogP contribution is -2.36. The van der Waals surface area contributed by atoms with E-state index in [1.54, 1.807) is 0 Å². The Labute approximate surface area is 87.8 Å². The number of rotatable bonds is 6. The summed E-state index contributed by atoms with van der Waals surface area (Å²) >= 11 is 0. The van der Waals surface area contributed by atoms with Gasteiger partial charge in [-0.15, -0.1) is 0 Å². The molecule has 1 rings (SSSR count). The van der Waals surface area contributed by atoms with Crippen LogP contribution in [0.25, 0.3) is 0 Å². The summed E-state index contributed by atoms with van der Waals surface area (Å²) in [5.41, 5.74) is 1.36. The van der Waals surface area contributed by atoms with Crippen LogP contribution in [0.3, 0.4) is 0 Å². The number of pyridine rings is 1. The van der Waals surface area contributed by atoms with Crippen LogP contribution >= 0.6 is 0 Å². The monoisotopic (exact) mass is 192 g/mol. The number of unbranched alkanes of at least 4 members (excludes halogenated alkanes) is 4. The highest BCUT2D eigenvalue weighted by Gasteiger charge is 2.02. The maximum absolute atomic E-state index is 2.34. The first kappa shape index (κ1) is 11.2. The first-order chi connectivity index (χ1) is 6.84. The predicted octanol–water partition coefficient (Wildman–Crippen LogP) is 3.25. The molecule has 0 atom stereocenters. The zero-order valence-electron chi connectivity index (χ0n) is 9.50. The molecule has 0 aromatic carbocycles. The second kappa shape index (κ2) is 6.58. The van der Waals surface area contributed by atoms with Crippen LogP contribution in [0.1, 0.15) is 44.7 Å². The van der Waals surface area contributed by atoms with Crippen LogP contribution in [-0.2, 0) is 6.54 Å². The van der Waals surface area contributed by atoms with E-state index in [1.807, 2.05) is 0 Å². The highest BCUT2D eigenvalue weighted by Crippen LogP contribution is 2.02. The van der Waals surface area contributed by atoms with Gasteiger partial charge in [-0.05, 0) is 6.42 Å². The van der Waals surface area contributed by atoms with Crippen LogP contribution in [0.4, 0.5) is 0 Å². The molecule has 1 heteroatoms. The Morgan fingerprint density at radius 1 is 1.07 bits per heavy atom. The molecule has 0 bridgehead atoms. The highest BCUT2D eigenvalue weighted by molar-refractivity contribution is 4.93. The van der Waals surface area contributed by atoms with Gasteiger partial charge in [0.25, 0.3) is 0 Å². The molecule has 0 fully saturated rings. The fraction of sp³-hybridized carbons (Fsp3) is 0.615. The van der Waals surface area contributed by atoms with Crippen molar-refractivity contribution in [1.29, 1.82) is 0 Å². The molecule has 0 aliphatic heterocycles. The first-order valence-corrected chi connectivity index (χ1v) is 5.79. The summed E-state index contributed by atoms with van der Waals surface area (Å²) in [7, 11) is 0. The zero-order valence-corrected chi connectivity index (χ0v) is 9.50. The molecular weight excluding hydrogens is 170 g/mol. The van der Waals surface area contributed by atoms with Gasteiger partial charge in [-0.25, -0.2) is 4.57 Å². The van der Waals surface area contributed by atoms with Crippen molar-refractivity contribution in [2.45, 2.75) is 52.5 Å². The van der Waals surface area contributed by atoms with Crippen LogP contribution in [0.2, 0.25) is 0 Å². The molecule has 0 spiro atoms. The molecule has 1 heterocycles. The van der Waals surface area contributed by atoms with Gasteiger partial charge in [0.15, 0.2) is 11.9 Å². The average Bonchev–Trinajstić information content (AvgIpc) is 2.20. The van der Waals surface area contributed by atoms with E-state index >= 15 is 0 Å². The third kappa shape index (κ3) is 3.91. The summed E-state index contributed by atoms with van der Waals surface area (Å²) in [5, 5.41) is 0. The van der Waals surface area contributed by atoms with E-state index in [0.29, 0.717) is 0 Å². The van der Waals surface area contributed by atoms with Gasteiger partial charge in [0.2, 0.25) is 0 Å². The SMILES string of the molecule is CCCCCCC[n+]1ccccc1C. The van der Waals surface area contributed by atoms with E-state index in [4.69, 9.17) is 0 Å². The standard InChI is InChI=1S/C13H22N/c1-3-4-5-6-8-11-14-12-9-7-10-13(14)2/h7,9-10,12H,3-6,8,11H2,1-2H3/q+1. The quantitative estimate of drug-likeness (QED) is 0.481. The summed E-state index contributed by atoms with van der Waals surface area (Å²) in [6, 6.07) is 6.38. The number of hydrogen-bond donors (Lipinski definition) is 0. The van der Waals surface area contributed by atoms with Crippen molar-refractivity contribution in [2.24, 2.45) is 0 Å². The van der Waals surface area contributed by atoms with Crippen LogP contribution in [0, 0.1) is 6.92 Å². The molecule has 0 aliphatic rings. The molecule has 1 aromatic heterocycles. The normalized spacial score (nSPS) is 10.4. The predicted molar refractivity (Wildman–Crippen MR) is 60.1 cm³/mol. The lowest BCUT2D eigenvalue weighted by Gasteiger charge is -2.00. The maximum Gasteiger partial charge on any atom is 0.178 e. The molecule has 0 amide bonds. The molecule has 0 N–H and O–H groups in total. The third-order valence-electron chi connectivity index (χ3n) is 2.67. The Hall–Kier alpha value is -0.850.